The van der Waals surface area contributed by atoms with Gasteiger partial charge in [-0.2, -0.15) is 0 Å². The van der Waals surface area contributed by atoms with Crippen LogP contribution in [0.25, 0.3) is 10.3 Å². The average molecular weight is 229 g/mol. The van der Waals surface area contributed by atoms with Crippen molar-refractivity contribution in [3.8, 4) is 0 Å². The normalized spacial score (nSPS) is 13.0. The topological polar surface area (TPSA) is 50.7 Å². The highest BCUT2D eigenvalue weighted by Gasteiger charge is 2.08. The summed E-state index contributed by atoms with van der Waals surface area (Å²) in [6.45, 7) is 1.99. The Kier molecular flexibility index (Phi) is 2.79. The molecule has 1 atom stereocenters. The van der Waals surface area contributed by atoms with Crippen LogP contribution in [0.2, 0.25) is 0 Å². The average Bonchev–Trinajstić information content (AvgIpc) is 2.66. The fraction of sp³-hybridized carbons (Fsp3) is 0.375. The van der Waals surface area contributed by atoms with Gasteiger partial charge in [-0.3, -0.25) is 0 Å². The number of alkyl halides is 1. The lowest BCUT2D eigenvalue weighted by atomic mass is 10.4. The first-order chi connectivity index (χ1) is 6.81. The summed E-state index contributed by atoms with van der Waals surface area (Å²) >= 11 is 7.20. The molecule has 1 N–H and O–H groups in total. The maximum Gasteiger partial charge on any atom is 0.157 e. The third-order valence-corrected chi connectivity index (χ3v) is 2.95. The molecule has 2 aromatic rings. The van der Waals surface area contributed by atoms with Crippen molar-refractivity contribution in [2.75, 3.05) is 11.2 Å². The zero-order chi connectivity index (χ0) is 9.97. The summed E-state index contributed by atoms with van der Waals surface area (Å²) in [6, 6.07) is 0.177. The van der Waals surface area contributed by atoms with E-state index in [4.69, 9.17) is 11.6 Å². The van der Waals surface area contributed by atoms with Gasteiger partial charge in [0.2, 0.25) is 0 Å². The molecule has 0 fully saturated rings. The number of nitrogens with one attached hydrogen (secondary N) is 1. The van der Waals surface area contributed by atoms with Crippen LogP contribution in [0.4, 0.5) is 5.82 Å². The van der Waals surface area contributed by atoms with E-state index in [-0.39, 0.29) is 6.04 Å². The van der Waals surface area contributed by atoms with Gasteiger partial charge in [-0.15, -0.1) is 22.9 Å². The Hall–Kier alpha value is -0.940. The van der Waals surface area contributed by atoms with Gasteiger partial charge in [-0.25, -0.2) is 15.0 Å². The Bertz CT molecular complexity index is 430. The van der Waals surface area contributed by atoms with Gasteiger partial charge >= 0.3 is 0 Å². The monoisotopic (exact) mass is 228 g/mol. The molecular formula is C8H9ClN4S. The van der Waals surface area contributed by atoms with E-state index in [9.17, 15) is 0 Å². The highest BCUT2D eigenvalue weighted by molar-refractivity contribution is 7.16. The predicted octanol–water partition coefficient (Wildman–Crippen LogP) is 2.13. The van der Waals surface area contributed by atoms with E-state index in [1.165, 1.54) is 17.7 Å². The molecule has 0 aliphatic carbocycles. The van der Waals surface area contributed by atoms with Gasteiger partial charge < -0.3 is 5.32 Å². The molecule has 0 aliphatic heterocycles. The van der Waals surface area contributed by atoms with Crippen molar-refractivity contribution in [3.05, 3.63) is 11.8 Å². The third kappa shape index (κ3) is 1.78. The van der Waals surface area contributed by atoms with E-state index in [1.807, 2.05) is 6.92 Å². The van der Waals surface area contributed by atoms with Gasteiger partial charge in [-0.1, -0.05) is 0 Å². The van der Waals surface area contributed by atoms with E-state index in [1.54, 1.807) is 5.51 Å². The van der Waals surface area contributed by atoms with Gasteiger partial charge in [0.15, 0.2) is 5.82 Å². The fourth-order valence-corrected chi connectivity index (χ4v) is 1.78. The predicted molar refractivity (Wildman–Crippen MR) is 59.0 cm³/mol. The summed E-state index contributed by atoms with van der Waals surface area (Å²) in [5, 5.41) is 3.18. The maximum absolute atomic E-state index is 5.70. The summed E-state index contributed by atoms with van der Waals surface area (Å²) in [5.74, 6) is 1.29. The number of anilines is 1. The molecule has 74 valence electrons. The van der Waals surface area contributed by atoms with Crippen molar-refractivity contribution >= 4 is 39.1 Å². The van der Waals surface area contributed by atoms with Crippen LogP contribution < -0.4 is 5.32 Å². The molecule has 0 spiro atoms. The van der Waals surface area contributed by atoms with Crippen molar-refractivity contribution in [2.24, 2.45) is 0 Å². The lowest BCUT2D eigenvalue weighted by molar-refractivity contribution is 0.897. The van der Waals surface area contributed by atoms with Crippen LogP contribution in [-0.4, -0.2) is 26.9 Å². The number of nitrogens with zero attached hydrogens (tertiary/aromatic N) is 3. The minimum atomic E-state index is 0.177. The largest absolute Gasteiger partial charge is 0.364 e. The molecule has 0 saturated carbocycles. The highest BCUT2D eigenvalue weighted by Crippen LogP contribution is 2.20. The van der Waals surface area contributed by atoms with Crippen molar-refractivity contribution in [1.29, 1.82) is 0 Å². The summed E-state index contributed by atoms with van der Waals surface area (Å²) < 4.78 is 0. The zero-order valence-electron chi connectivity index (χ0n) is 7.57. The second-order valence-electron chi connectivity index (χ2n) is 2.93. The Morgan fingerprint density at radius 3 is 3.14 bits per heavy atom. The first-order valence-corrected chi connectivity index (χ1v) is 5.59. The van der Waals surface area contributed by atoms with E-state index >= 15 is 0 Å². The lowest BCUT2D eigenvalue weighted by Crippen LogP contribution is -2.17. The second kappa shape index (κ2) is 4.06. The van der Waals surface area contributed by atoms with Gasteiger partial charge in [-0.05, 0) is 6.92 Å². The van der Waals surface area contributed by atoms with E-state index in [0.29, 0.717) is 5.88 Å². The molecule has 0 radical (unpaired) electrons. The Labute approximate surface area is 90.4 Å². The van der Waals surface area contributed by atoms with E-state index in [0.717, 1.165) is 16.2 Å². The first-order valence-electron chi connectivity index (χ1n) is 4.18. The van der Waals surface area contributed by atoms with Crippen molar-refractivity contribution in [1.82, 2.24) is 15.0 Å². The molecule has 1 unspecified atom stereocenters. The molecule has 0 amide bonds. The van der Waals surface area contributed by atoms with Crippen molar-refractivity contribution in [2.45, 2.75) is 13.0 Å². The molecule has 2 aromatic heterocycles. The number of aromatic nitrogens is 3. The van der Waals surface area contributed by atoms with Crippen LogP contribution in [-0.2, 0) is 0 Å². The highest BCUT2D eigenvalue weighted by atomic mass is 35.5. The molecular weight excluding hydrogens is 220 g/mol. The number of hydrogen-bond donors (Lipinski definition) is 1. The third-order valence-electron chi connectivity index (χ3n) is 1.75. The Morgan fingerprint density at radius 1 is 1.50 bits per heavy atom. The van der Waals surface area contributed by atoms with Crippen molar-refractivity contribution in [3.63, 3.8) is 0 Å². The van der Waals surface area contributed by atoms with Gasteiger partial charge in [0.05, 0.1) is 5.51 Å². The number of fused-ring (bicyclic) bond motifs is 1. The second-order valence-corrected chi connectivity index (χ2v) is 4.07. The molecule has 4 nitrogen and oxygen atoms in total. The summed E-state index contributed by atoms with van der Waals surface area (Å²) in [5.41, 5.74) is 2.57. The number of halogens is 1. The number of rotatable bonds is 3. The minimum Gasteiger partial charge on any atom is -0.364 e. The maximum atomic E-state index is 5.70. The lowest BCUT2D eigenvalue weighted by Gasteiger charge is -2.10. The molecule has 2 heterocycles. The van der Waals surface area contributed by atoms with Crippen LogP contribution in [0.15, 0.2) is 11.8 Å². The van der Waals surface area contributed by atoms with Crippen LogP contribution >= 0.6 is 22.9 Å². The number of hydrogen-bond acceptors (Lipinski definition) is 5. The SMILES string of the molecule is CC(CCl)Nc1ncnc2scnc12. The number of thiazole rings is 1. The molecule has 2 rings (SSSR count). The molecule has 0 bridgehead atoms. The first kappa shape index (κ1) is 9.61. The van der Waals surface area contributed by atoms with E-state index < -0.39 is 0 Å². The van der Waals surface area contributed by atoms with Crippen LogP contribution in [0.3, 0.4) is 0 Å². The van der Waals surface area contributed by atoms with Crippen molar-refractivity contribution < 1.29 is 0 Å². The zero-order valence-corrected chi connectivity index (χ0v) is 9.14. The molecule has 0 aliphatic rings. The summed E-state index contributed by atoms with van der Waals surface area (Å²) in [4.78, 5) is 13.3. The van der Waals surface area contributed by atoms with Crippen LogP contribution in [0.1, 0.15) is 6.92 Å². The smallest absolute Gasteiger partial charge is 0.157 e. The Morgan fingerprint density at radius 2 is 2.36 bits per heavy atom. The van der Waals surface area contributed by atoms with Gasteiger partial charge in [0.25, 0.3) is 0 Å². The minimum absolute atomic E-state index is 0.177. The molecule has 6 heteroatoms. The summed E-state index contributed by atoms with van der Waals surface area (Å²) in [6.07, 6.45) is 1.53. The van der Waals surface area contributed by atoms with E-state index in [2.05, 4.69) is 20.3 Å². The van der Waals surface area contributed by atoms with Crippen LogP contribution in [0, 0.1) is 0 Å². The molecule has 0 saturated heterocycles. The quantitative estimate of drug-likeness (QED) is 0.818. The van der Waals surface area contributed by atoms with Gasteiger partial charge in [0, 0.05) is 11.9 Å². The standard InChI is InChI=1S/C8H9ClN4S/c1-5(2-9)13-7-6-8(11-3-10-7)14-4-12-6/h3-5H,2H2,1H3,(H,10,11,13). The molecule has 0 aromatic carbocycles. The van der Waals surface area contributed by atoms with Crippen LogP contribution in [0.5, 0.6) is 0 Å². The van der Waals surface area contributed by atoms with Gasteiger partial charge in [0.1, 0.15) is 16.7 Å². The molecule has 14 heavy (non-hydrogen) atoms. The summed E-state index contributed by atoms with van der Waals surface area (Å²) in [7, 11) is 0. The Balaban J connectivity index is 2.36. The fourth-order valence-electron chi connectivity index (χ4n) is 1.07.